The van der Waals surface area contributed by atoms with E-state index < -0.39 is 4.92 Å². The molecule has 0 unspecified atom stereocenters. The Hall–Kier alpha value is -2.93. The fraction of sp³-hybridized carbons (Fsp3) is 0.0556. The van der Waals surface area contributed by atoms with Gasteiger partial charge in [0, 0.05) is 6.07 Å². The van der Waals surface area contributed by atoms with Crippen molar-refractivity contribution < 1.29 is 14.4 Å². The summed E-state index contributed by atoms with van der Waals surface area (Å²) in [5.74, 6) is 1.39. The highest BCUT2D eigenvalue weighted by Gasteiger charge is 2.17. The molecule has 0 N–H and O–H groups in total. The van der Waals surface area contributed by atoms with Crippen LogP contribution >= 0.6 is 15.9 Å². The van der Waals surface area contributed by atoms with E-state index in [1.165, 1.54) is 6.07 Å². The fourth-order valence-corrected chi connectivity index (χ4v) is 3.25. The maximum Gasteiger partial charge on any atom is 0.278 e. The summed E-state index contributed by atoms with van der Waals surface area (Å²) in [4.78, 5) is 15.1. The number of hydrogen-bond acceptors (Lipinski definition) is 5. The molecule has 4 rings (SSSR count). The van der Waals surface area contributed by atoms with Crippen LogP contribution in [0.1, 0.15) is 11.3 Å². The summed E-state index contributed by atoms with van der Waals surface area (Å²) < 4.78 is 11.6. The number of rotatable bonds is 3. The predicted molar refractivity (Wildman–Crippen MR) is 97.6 cm³/mol. The summed E-state index contributed by atoms with van der Waals surface area (Å²) >= 11 is 3.46. The summed E-state index contributed by atoms with van der Waals surface area (Å²) in [6.07, 6.45) is 3.75. The van der Waals surface area contributed by atoms with Gasteiger partial charge in [-0.05, 0) is 57.9 Å². The number of aromatic nitrogens is 1. The van der Waals surface area contributed by atoms with Gasteiger partial charge in [0.1, 0.15) is 0 Å². The Labute approximate surface area is 151 Å². The predicted octanol–water partition coefficient (Wildman–Crippen LogP) is 4.80. The first kappa shape index (κ1) is 15.6. The first-order valence-corrected chi connectivity index (χ1v) is 8.22. The standard InChI is InChI=1S/C18H11BrN2O4/c19-14-8-11(9-17-18(14)25-10-24-17)4-5-12-6-7-13-15(20-12)2-1-3-16(13)21(22)23/h1-9H,10H2/b5-4+. The Kier molecular flexibility index (Phi) is 3.85. The Balaban J connectivity index is 1.68. The lowest BCUT2D eigenvalue weighted by molar-refractivity contribution is -0.383. The van der Waals surface area contributed by atoms with Crippen molar-refractivity contribution in [2.45, 2.75) is 0 Å². The summed E-state index contributed by atoms with van der Waals surface area (Å²) in [7, 11) is 0. The molecule has 3 aromatic rings. The van der Waals surface area contributed by atoms with Gasteiger partial charge >= 0.3 is 0 Å². The van der Waals surface area contributed by atoms with Crippen LogP contribution in [0.5, 0.6) is 11.5 Å². The average Bonchev–Trinajstić information content (AvgIpc) is 3.08. The van der Waals surface area contributed by atoms with Crippen LogP contribution in [0.15, 0.2) is 46.9 Å². The topological polar surface area (TPSA) is 74.5 Å². The highest BCUT2D eigenvalue weighted by Crippen LogP contribution is 2.40. The van der Waals surface area contributed by atoms with E-state index in [0.717, 1.165) is 10.0 Å². The first-order valence-electron chi connectivity index (χ1n) is 7.43. The normalized spacial score (nSPS) is 12.8. The van der Waals surface area contributed by atoms with E-state index in [9.17, 15) is 10.1 Å². The molecule has 0 spiro atoms. The van der Waals surface area contributed by atoms with Crippen LogP contribution in [0.2, 0.25) is 0 Å². The minimum Gasteiger partial charge on any atom is -0.454 e. The highest BCUT2D eigenvalue weighted by atomic mass is 79.9. The quantitative estimate of drug-likeness (QED) is 0.467. The van der Waals surface area contributed by atoms with Crippen LogP contribution in [-0.2, 0) is 0 Å². The zero-order valence-corrected chi connectivity index (χ0v) is 14.4. The minimum absolute atomic E-state index is 0.0558. The van der Waals surface area contributed by atoms with Gasteiger partial charge in [0.2, 0.25) is 6.79 Å². The monoisotopic (exact) mass is 398 g/mol. The molecule has 0 radical (unpaired) electrons. The van der Waals surface area contributed by atoms with E-state index in [1.54, 1.807) is 24.3 Å². The van der Waals surface area contributed by atoms with Gasteiger partial charge in [-0.1, -0.05) is 12.1 Å². The van der Waals surface area contributed by atoms with Gasteiger partial charge in [-0.3, -0.25) is 10.1 Å². The smallest absolute Gasteiger partial charge is 0.278 e. The number of halogens is 1. The molecule has 124 valence electrons. The average molecular weight is 399 g/mol. The third-order valence-corrected chi connectivity index (χ3v) is 4.41. The first-order chi connectivity index (χ1) is 12.1. The summed E-state index contributed by atoms with van der Waals surface area (Å²) in [6, 6.07) is 12.2. The van der Waals surface area contributed by atoms with E-state index in [4.69, 9.17) is 9.47 Å². The molecule has 0 fully saturated rings. The largest absolute Gasteiger partial charge is 0.454 e. The number of pyridine rings is 1. The Morgan fingerprint density at radius 2 is 2.04 bits per heavy atom. The second kappa shape index (κ2) is 6.18. The molecule has 2 aromatic carbocycles. The third kappa shape index (κ3) is 2.94. The number of hydrogen-bond donors (Lipinski definition) is 0. The van der Waals surface area contributed by atoms with Gasteiger partial charge in [0.05, 0.1) is 26.0 Å². The van der Waals surface area contributed by atoms with Gasteiger partial charge < -0.3 is 9.47 Å². The second-order valence-corrected chi connectivity index (χ2v) is 6.26. The van der Waals surface area contributed by atoms with Crippen LogP contribution in [0.4, 0.5) is 5.69 Å². The molecule has 7 heteroatoms. The molecule has 1 aliphatic heterocycles. The zero-order chi connectivity index (χ0) is 17.4. The van der Waals surface area contributed by atoms with Crippen LogP contribution < -0.4 is 9.47 Å². The lowest BCUT2D eigenvalue weighted by Gasteiger charge is -2.02. The maximum atomic E-state index is 11.1. The number of ether oxygens (including phenoxy) is 2. The van der Waals surface area contributed by atoms with E-state index in [1.807, 2.05) is 24.3 Å². The van der Waals surface area contributed by atoms with Gasteiger partial charge in [0.25, 0.3) is 5.69 Å². The van der Waals surface area contributed by atoms with Gasteiger partial charge in [-0.2, -0.15) is 0 Å². The van der Waals surface area contributed by atoms with Crippen molar-refractivity contribution in [3.8, 4) is 11.5 Å². The van der Waals surface area contributed by atoms with Crippen molar-refractivity contribution in [3.05, 3.63) is 68.3 Å². The summed E-state index contributed by atoms with van der Waals surface area (Å²) in [5, 5.41) is 11.6. The van der Waals surface area contributed by atoms with Crippen LogP contribution in [0.25, 0.3) is 23.1 Å². The van der Waals surface area contributed by atoms with Crippen molar-refractivity contribution in [1.29, 1.82) is 0 Å². The van der Waals surface area contributed by atoms with Crippen LogP contribution in [0.3, 0.4) is 0 Å². The molecule has 0 saturated carbocycles. The molecule has 6 nitrogen and oxygen atoms in total. The Bertz CT molecular complexity index is 1030. The number of nitrogens with zero attached hydrogens (tertiary/aromatic N) is 2. The SMILES string of the molecule is O=[N+]([O-])c1cccc2nc(/C=C/c3cc(Br)c4c(c3)OCO4)ccc12. The lowest BCUT2D eigenvalue weighted by Crippen LogP contribution is -1.93. The van der Waals surface area contributed by atoms with E-state index in [2.05, 4.69) is 20.9 Å². The molecule has 2 heterocycles. The molecule has 0 amide bonds. The number of fused-ring (bicyclic) bond motifs is 2. The van der Waals surface area contributed by atoms with Crippen LogP contribution in [0, 0.1) is 10.1 Å². The van der Waals surface area contributed by atoms with E-state index in [-0.39, 0.29) is 12.5 Å². The molecule has 1 aromatic heterocycles. The van der Waals surface area contributed by atoms with E-state index in [0.29, 0.717) is 28.1 Å². The third-order valence-electron chi connectivity index (χ3n) is 3.82. The van der Waals surface area contributed by atoms with Crippen molar-refractivity contribution in [1.82, 2.24) is 4.98 Å². The Morgan fingerprint density at radius 1 is 1.16 bits per heavy atom. The fourth-order valence-electron chi connectivity index (χ4n) is 2.67. The van der Waals surface area contributed by atoms with Crippen molar-refractivity contribution in [3.63, 3.8) is 0 Å². The number of nitro groups is 1. The van der Waals surface area contributed by atoms with Gasteiger partial charge in [-0.25, -0.2) is 4.98 Å². The highest BCUT2D eigenvalue weighted by molar-refractivity contribution is 9.10. The number of non-ortho nitro benzene ring substituents is 1. The molecule has 25 heavy (non-hydrogen) atoms. The van der Waals surface area contributed by atoms with Crippen molar-refractivity contribution >= 4 is 44.7 Å². The Morgan fingerprint density at radius 3 is 2.88 bits per heavy atom. The number of benzene rings is 2. The molecule has 1 aliphatic rings. The zero-order valence-electron chi connectivity index (χ0n) is 12.8. The summed E-state index contributed by atoms with van der Waals surface area (Å²) in [6.45, 7) is 0.214. The molecule has 0 saturated heterocycles. The molecule has 0 atom stereocenters. The van der Waals surface area contributed by atoms with Gasteiger partial charge in [-0.15, -0.1) is 0 Å². The van der Waals surface area contributed by atoms with Crippen molar-refractivity contribution in [2.75, 3.05) is 6.79 Å². The minimum atomic E-state index is -0.399. The lowest BCUT2D eigenvalue weighted by atomic mass is 10.1. The van der Waals surface area contributed by atoms with Crippen LogP contribution in [-0.4, -0.2) is 16.7 Å². The van der Waals surface area contributed by atoms with Crippen molar-refractivity contribution in [2.24, 2.45) is 0 Å². The molecular weight excluding hydrogens is 388 g/mol. The molecule has 0 aliphatic carbocycles. The molecular formula is C18H11BrN2O4. The summed E-state index contributed by atoms with van der Waals surface area (Å²) in [5.41, 5.74) is 2.28. The number of nitro benzene ring substituents is 1. The van der Waals surface area contributed by atoms with Gasteiger partial charge in [0.15, 0.2) is 11.5 Å². The molecule has 0 bridgehead atoms. The maximum absolute atomic E-state index is 11.1. The van der Waals surface area contributed by atoms with E-state index >= 15 is 0 Å². The second-order valence-electron chi connectivity index (χ2n) is 5.41.